The molecule has 0 saturated carbocycles. The van der Waals surface area contributed by atoms with Gasteiger partial charge in [0.2, 0.25) is 0 Å². The predicted molar refractivity (Wildman–Crippen MR) is 104 cm³/mol. The third kappa shape index (κ3) is 3.35. The number of tetrazole rings is 1. The Morgan fingerprint density at radius 2 is 1.96 bits per heavy atom. The minimum Gasteiger partial charge on any atom is -0.464 e. The second kappa shape index (κ2) is 7.14. The van der Waals surface area contributed by atoms with Crippen molar-refractivity contribution in [3.05, 3.63) is 60.9 Å². The van der Waals surface area contributed by atoms with E-state index in [0.717, 1.165) is 20.6 Å². The number of hydrogen-bond acceptors (Lipinski definition) is 7. The molecule has 0 aliphatic heterocycles. The Hall–Kier alpha value is -2.30. The second-order valence-corrected chi connectivity index (χ2v) is 8.06. The summed E-state index contributed by atoms with van der Waals surface area (Å²) in [6, 6.07) is 9.79. The quantitative estimate of drug-likeness (QED) is 0.466. The highest BCUT2D eigenvalue weighted by Crippen LogP contribution is 2.29. The first-order valence-electron chi connectivity index (χ1n) is 7.52. The summed E-state index contributed by atoms with van der Waals surface area (Å²) in [6.45, 7) is 0.309. The number of hydrogen-bond donors (Lipinski definition) is 0. The van der Waals surface area contributed by atoms with Crippen LogP contribution in [-0.2, 0) is 13.7 Å². The van der Waals surface area contributed by atoms with E-state index < -0.39 is 0 Å². The molecule has 3 aromatic heterocycles. The van der Waals surface area contributed by atoms with Gasteiger partial charge in [0.15, 0.2) is 0 Å². The molecule has 4 aromatic rings. The normalized spacial score (nSPS) is 11.0. The molecule has 0 bridgehead atoms. The fourth-order valence-corrected chi connectivity index (χ4v) is 4.01. The number of halogens is 1. The van der Waals surface area contributed by atoms with Crippen LogP contribution in [0.25, 0.3) is 16.9 Å². The van der Waals surface area contributed by atoms with Crippen LogP contribution in [0.4, 0.5) is 0 Å². The van der Waals surface area contributed by atoms with Crippen molar-refractivity contribution < 1.29 is 4.74 Å². The zero-order valence-electron chi connectivity index (χ0n) is 13.5. The Morgan fingerprint density at radius 3 is 2.69 bits per heavy atom. The van der Waals surface area contributed by atoms with E-state index in [1.54, 1.807) is 7.05 Å². The van der Waals surface area contributed by atoms with Crippen molar-refractivity contribution in [2.24, 2.45) is 7.05 Å². The molecule has 1 aromatic carbocycles. The van der Waals surface area contributed by atoms with E-state index in [4.69, 9.17) is 4.74 Å². The number of thiazole rings is 1. The SMILES string of the molecule is Cn1nnn(-c2ccsc2COc2nc(-c3ccc(Br)cc3)cs2)c1=O. The van der Waals surface area contributed by atoms with Gasteiger partial charge in [-0.05, 0) is 34.0 Å². The molecule has 10 heteroatoms. The molecule has 0 amide bonds. The van der Waals surface area contributed by atoms with Crippen LogP contribution in [0.15, 0.2) is 50.4 Å². The monoisotopic (exact) mass is 449 g/mol. The Morgan fingerprint density at radius 1 is 1.15 bits per heavy atom. The van der Waals surface area contributed by atoms with Gasteiger partial charge in [0, 0.05) is 22.5 Å². The zero-order chi connectivity index (χ0) is 18.1. The van der Waals surface area contributed by atoms with Crippen LogP contribution < -0.4 is 10.4 Å². The number of benzene rings is 1. The lowest BCUT2D eigenvalue weighted by atomic mass is 10.2. The van der Waals surface area contributed by atoms with Gasteiger partial charge in [-0.2, -0.15) is 9.36 Å². The van der Waals surface area contributed by atoms with E-state index in [1.165, 1.54) is 32.0 Å². The molecular weight excluding hydrogens is 438 g/mol. The maximum absolute atomic E-state index is 12.0. The summed E-state index contributed by atoms with van der Waals surface area (Å²) in [6.07, 6.45) is 0. The van der Waals surface area contributed by atoms with Crippen LogP contribution in [0.1, 0.15) is 4.88 Å². The van der Waals surface area contributed by atoms with Gasteiger partial charge in [-0.1, -0.05) is 39.4 Å². The van der Waals surface area contributed by atoms with Crippen LogP contribution in [0, 0.1) is 0 Å². The number of aromatic nitrogens is 5. The summed E-state index contributed by atoms with van der Waals surface area (Å²) in [5, 5.41) is 12.0. The Kier molecular flexibility index (Phi) is 4.70. The van der Waals surface area contributed by atoms with Crippen molar-refractivity contribution in [3.8, 4) is 22.1 Å². The van der Waals surface area contributed by atoms with E-state index in [1.807, 2.05) is 41.1 Å². The van der Waals surface area contributed by atoms with Gasteiger partial charge in [-0.25, -0.2) is 9.78 Å². The molecule has 0 N–H and O–H groups in total. The van der Waals surface area contributed by atoms with Gasteiger partial charge < -0.3 is 4.74 Å². The number of rotatable bonds is 5. The van der Waals surface area contributed by atoms with Crippen molar-refractivity contribution >= 4 is 38.6 Å². The Labute approximate surface area is 164 Å². The van der Waals surface area contributed by atoms with Gasteiger partial charge in [0.25, 0.3) is 5.19 Å². The smallest absolute Gasteiger partial charge is 0.368 e. The molecule has 0 saturated heterocycles. The first-order valence-corrected chi connectivity index (χ1v) is 10.1. The highest BCUT2D eigenvalue weighted by atomic mass is 79.9. The molecule has 0 atom stereocenters. The molecule has 7 nitrogen and oxygen atoms in total. The van der Waals surface area contributed by atoms with Crippen LogP contribution >= 0.6 is 38.6 Å². The molecule has 0 spiro atoms. The molecular formula is C16H12BrN5O2S2. The van der Waals surface area contributed by atoms with Gasteiger partial charge in [-0.15, -0.1) is 11.3 Å². The molecule has 0 unspecified atom stereocenters. The first kappa shape index (κ1) is 17.1. The van der Waals surface area contributed by atoms with Crippen LogP contribution in [0.5, 0.6) is 5.19 Å². The summed E-state index contributed by atoms with van der Waals surface area (Å²) in [5.41, 5.74) is 2.28. The molecule has 26 heavy (non-hydrogen) atoms. The summed E-state index contributed by atoms with van der Waals surface area (Å²) in [7, 11) is 1.56. The molecule has 0 fully saturated rings. The minimum absolute atomic E-state index is 0.295. The molecule has 0 radical (unpaired) electrons. The maximum atomic E-state index is 12.0. The maximum Gasteiger partial charge on any atom is 0.368 e. The fourth-order valence-electron chi connectivity index (χ4n) is 2.30. The van der Waals surface area contributed by atoms with Crippen molar-refractivity contribution in [1.82, 2.24) is 24.8 Å². The highest BCUT2D eigenvalue weighted by molar-refractivity contribution is 9.10. The Bertz CT molecular complexity index is 1100. The molecule has 0 aliphatic rings. The lowest BCUT2D eigenvalue weighted by molar-refractivity contribution is 0.308. The predicted octanol–water partition coefficient (Wildman–Crippen LogP) is 3.49. The lowest BCUT2D eigenvalue weighted by Gasteiger charge is -2.03. The van der Waals surface area contributed by atoms with Gasteiger partial charge in [0.1, 0.15) is 6.61 Å². The minimum atomic E-state index is -0.295. The topological polar surface area (TPSA) is 74.8 Å². The van der Waals surface area contributed by atoms with Crippen molar-refractivity contribution in [2.45, 2.75) is 6.61 Å². The van der Waals surface area contributed by atoms with Crippen LogP contribution in [0.3, 0.4) is 0 Å². The van der Waals surface area contributed by atoms with E-state index >= 15 is 0 Å². The first-order chi connectivity index (χ1) is 12.6. The zero-order valence-corrected chi connectivity index (χ0v) is 16.7. The van der Waals surface area contributed by atoms with Crippen LogP contribution in [0.2, 0.25) is 0 Å². The second-order valence-electron chi connectivity index (χ2n) is 5.32. The average molecular weight is 450 g/mol. The average Bonchev–Trinajstić information content (AvgIpc) is 3.36. The summed E-state index contributed by atoms with van der Waals surface area (Å²) >= 11 is 6.36. The molecule has 3 heterocycles. The third-order valence-corrected chi connectivity index (χ3v) is 5.79. The van der Waals surface area contributed by atoms with Crippen LogP contribution in [-0.4, -0.2) is 24.8 Å². The summed E-state index contributed by atoms with van der Waals surface area (Å²) < 4.78 is 9.30. The van der Waals surface area contributed by atoms with E-state index in [-0.39, 0.29) is 5.69 Å². The van der Waals surface area contributed by atoms with E-state index in [9.17, 15) is 4.79 Å². The lowest BCUT2D eigenvalue weighted by Crippen LogP contribution is -2.22. The standard InChI is InChI=1S/C16H12BrN5O2S2/c1-21-16(23)22(20-19-21)13-6-7-25-14(13)8-24-15-18-12(9-26-15)10-2-4-11(17)5-3-10/h2-7,9H,8H2,1H3. The van der Waals surface area contributed by atoms with Crippen molar-refractivity contribution in [2.75, 3.05) is 0 Å². The van der Waals surface area contributed by atoms with Crippen molar-refractivity contribution in [3.63, 3.8) is 0 Å². The number of thiophene rings is 1. The number of ether oxygens (including phenoxy) is 1. The highest BCUT2D eigenvalue weighted by Gasteiger charge is 2.14. The van der Waals surface area contributed by atoms with Gasteiger partial charge >= 0.3 is 5.69 Å². The Balaban J connectivity index is 1.51. The number of nitrogens with zero attached hydrogens (tertiary/aromatic N) is 5. The molecule has 0 aliphatic carbocycles. The van der Waals surface area contributed by atoms with Gasteiger partial charge in [0.05, 0.1) is 16.3 Å². The summed E-state index contributed by atoms with van der Waals surface area (Å²) in [5.74, 6) is 0. The van der Waals surface area contributed by atoms with Crippen molar-refractivity contribution in [1.29, 1.82) is 0 Å². The third-order valence-electron chi connectivity index (χ3n) is 3.62. The largest absolute Gasteiger partial charge is 0.464 e. The van der Waals surface area contributed by atoms with E-state index in [2.05, 4.69) is 31.3 Å². The summed E-state index contributed by atoms with van der Waals surface area (Å²) in [4.78, 5) is 17.4. The molecule has 132 valence electrons. The fraction of sp³-hybridized carbons (Fsp3) is 0.125. The van der Waals surface area contributed by atoms with E-state index in [0.29, 0.717) is 17.5 Å². The van der Waals surface area contributed by atoms with Gasteiger partial charge in [-0.3, -0.25) is 0 Å². The number of aryl methyl sites for hydroxylation is 1. The molecule has 4 rings (SSSR count).